The van der Waals surface area contributed by atoms with Crippen LogP contribution in [0.1, 0.15) is 0 Å². The zero-order chi connectivity index (χ0) is 17.8. The molecule has 1 aliphatic heterocycles. The normalized spacial score (nSPS) is 15.8. The fourth-order valence-electron chi connectivity index (χ4n) is 2.66. The first kappa shape index (κ1) is 17.5. The predicted octanol–water partition coefficient (Wildman–Crippen LogP) is 2.24. The van der Waals surface area contributed by atoms with Crippen molar-refractivity contribution in [2.24, 2.45) is 0 Å². The van der Waals surface area contributed by atoms with E-state index in [1.165, 1.54) is 0 Å². The predicted molar refractivity (Wildman–Crippen MR) is 105 cm³/mol. The van der Waals surface area contributed by atoms with E-state index < -0.39 is 6.10 Å². The van der Waals surface area contributed by atoms with Crippen molar-refractivity contribution in [1.82, 2.24) is 5.32 Å². The molecule has 0 spiro atoms. The summed E-state index contributed by atoms with van der Waals surface area (Å²) in [5, 5.41) is 5.47. The summed E-state index contributed by atoms with van der Waals surface area (Å²) in [7, 11) is 1.57. The third-order valence-corrected chi connectivity index (χ3v) is 4.58. The van der Waals surface area contributed by atoms with Crippen LogP contribution in [0, 0.1) is 3.57 Å². The number of halogens is 1. The maximum atomic E-state index is 12.4. The van der Waals surface area contributed by atoms with Crippen LogP contribution < -0.4 is 20.3 Å². The number of benzene rings is 2. The lowest BCUT2D eigenvalue weighted by molar-refractivity contribution is -0.127. The van der Waals surface area contributed by atoms with Crippen molar-refractivity contribution < 1.29 is 14.3 Å². The zero-order valence-corrected chi connectivity index (χ0v) is 15.8. The Morgan fingerprint density at radius 3 is 2.64 bits per heavy atom. The van der Waals surface area contributed by atoms with Crippen molar-refractivity contribution in [3.8, 4) is 5.75 Å². The van der Waals surface area contributed by atoms with E-state index in [0.29, 0.717) is 12.3 Å². The first-order valence-electron chi connectivity index (χ1n) is 7.84. The number of amides is 2. The molecule has 2 N–H and O–H groups in total. The number of carbonyl (C=O) groups excluding carboxylic acids is 2. The molecule has 0 aromatic heterocycles. The largest absolute Gasteiger partial charge is 0.477 e. The van der Waals surface area contributed by atoms with Gasteiger partial charge in [0.25, 0.3) is 5.91 Å². The fraction of sp³-hybridized carbons (Fsp3) is 0.222. The van der Waals surface area contributed by atoms with Crippen molar-refractivity contribution in [1.29, 1.82) is 0 Å². The molecule has 0 aliphatic carbocycles. The summed E-state index contributed by atoms with van der Waals surface area (Å²) in [6, 6.07) is 15.0. The first-order valence-corrected chi connectivity index (χ1v) is 8.92. The second-order valence-corrected chi connectivity index (χ2v) is 6.87. The first-order chi connectivity index (χ1) is 12.1. The lowest BCUT2D eigenvalue weighted by Gasteiger charge is -2.34. The van der Waals surface area contributed by atoms with Crippen LogP contribution in [-0.4, -0.2) is 38.1 Å². The van der Waals surface area contributed by atoms with E-state index in [4.69, 9.17) is 4.74 Å². The van der Waals surface area contributed by atoms with Crippen molar-refractivity contribution in [2.45, 2.75) is 6.10 Å². The minimum atomic E-state index is -0.647. The lowest BCUT2D eigenvalue weighted by Crippen LogP contribution is -2.50. The number of hydrogen-bond acceptors (Lipinski definition) is 4. The summed E-state index contributed by atoms with van der Waals surface area (Å²) in [4.78, 5) is 26.3. The molecule has 0 saturated heterocycles. The van der Waals surface area contributed by atoms with Crippen LogP contribution in [0.3, 0.4) is 0 Å². The van der Waals surface area contributed by atoms with Gasteiger partial charge in [0.15, 0.2) is 6.10 Å². The topological polar surface area (TPSA) is 70.7 Å². The molecule has 0 fully saturated rings. The molecule has 25 heavy (non-hydrogen) atoms. The molecule has 130 valence electrons. The Morgan fingerprint density at radius 1 is 1.20 bits per heavy atom. The van der Waals surface area contributed by atoms with Crippen LogP contribution in [0.5, 0.6) is 5.75 Å². The summed E-state index contributed by atoms with van der Waals surface area (Å²) < 4.78 is 6.84. The number of para-hydroxylation sites is 2. The summed E-state index contributed by atoms with van der Waals surface area (Å²) >= 11 is 2.21. The summed E-state index contributed by atoms with van der Waals surface area (Å²) in [6.45, 7) is 0.455. The molecule has 1 heterocycles. The van der Waals surface area contributed by atoms with Crippen LogP contribution in [-0.2, 0) is 9.59 Å². The number of rotatable bonds is 4. The highest BCUT2D eigenvalue weighted by Gasteiger charge is 2.30. The average molecular weight is 451 g/mol. The van der Waals surface area contributed by atoms with Crippen LogP contribution in [0.15, 0.2) is 48.5 Å². The second-order valence-electron chi connectivity index (χ2n) is 5.62. The highest BCUT2D eigenvalue weighted by atomic mass is 127. The molecule has 7 heteroatoms. The second kappa shape index (κ2) is 7.73. The van der Waals surface area contributed by atoms with Gasteiger partial charge >= 0.3 is 0 Å². The van der Waals surface area contributed by atoms with Crippen LogP contribution in [0.25, 0.3) is 0 Å². The van der Waals surface area contributed by atoms with Crippen molar-refractivity contribution in [3.63, 3.8) is 0 Å². The molecule has 0 radical (unpaired) electrons. The molecule has 2 aromatic carbocycles. The van der Waals surface area contributed by atoms with Crippen molar-refractivity contribution in [3.05, 3.63) is 52.1 Å². The minimum Gasteiger partial charge on any atom is -0.477 e. The van der Waals surface area contributed by atoms with Gasteiger partial charge in [0, 0.05) is 16.3 Å². The molecule has 2 aromatic rings. The monoisotopic (exact) mass is 451 g/mol. The molecular formula is C18H18IN3O3. The molecule has 1 unspecified atom stereocenters. The van der Waals surface area contributed by atoms with Crippen LogP contribution in [0.2, 0.25) is 0 Å². The fourth-order valence-corrected chi connectivity index (χ4v) is 3.02. The van der Waals surface area contributed by atoms with E-state index in [-0.39, 0.29) is 18.4 Å². The molecule has 1 atom stereocenters. The van der Waals surface area contributed by atoms with Gasteiger partial charge in [0.1, 0.15) is 5.75 Å². The van der Waals surface area contributed by atoms with Gasteiger partial charge in [-0.1, -0.05) is 12.1 Å². The van der Waals surface area contributed by atoms with E-state index in [1.807, 2.05) is 47.4 Å². The molecule has 1 aliphatic rings. The van der Waals surface area contributed by atoms with E-state index >= 15 is 0 Å². The van der Waals surface area contributed by atoms with E-state index in [2.05, 4.69) is 33.2 Å². The Bertz CT molecular complexity index is 779. The maximum absolute atomic E-state index is 12.4. The Morgan fingerprint density at radius 2 is 1.92 bits per heavy atom. The Balaban J connectivity index is 1.74. The summed E-state index contributed by atoms with van der Waals surface area (Å²) in [5.41, 5.74) is 1.55. The third-order valence-electron chi connectivity index (χ3n) is 3.86. The molecule has 2 amide bonds. The molecule has 6 nitrogen and oxygen atoms in total. The Hall–Kier alpha value is -2.29. The van der Waals surface area contributed by atoms with Crippen molar-refractivity contribution in [2.75, 3.05) is 30.4 Å². The van der Waals surface area contributed by atoms with Gasteiger partial charge in [0.05, 0.1) is 18.8 Å². The SMILES string of the molecule is CNC(=O)C1CN(CC(=O)Nc2ccc(I)cc2)c2ccccc2O1. The van der Waals surface area contributed by atoms with Gasteiger partial charge in [0.2, 0.25) is 5.91 Å². The van der Waals surface area contributed by atoms with E-state index in [1.54, 1.807) is 13.1 Å². The van der Waals surface area contributed by atoms with Crippen LogP contribution >= 0.6 is 22.6 Å². The van der Waals surface area contributed by atoms with Gasteiger partial charge in [-0.2, -0.15) is 0 Å². The highest BCUT2D eigenvalue weighted by molar-refractivity contribution is 14.1. The molecular weight excluding hydrogens is 433 g/mol. The number of carbonyl (C=O) groups is 2. The number of nitrogens with zero attached hydrogens (tertiary/aromatic N) is 1. The van der Waals surface area contributed by atoms with Gasteiger partial charge in [-0.05, 0) is 59.0 Å². The summed E-state index contributed by atoms with van der Waals surface area (Å²) in [6.07, 6.45) is -0.647. The number of nitrogens with one attached hydrogen (secondary N) is 2. The van der Waals surface area contributed by atoms with E-state index in [9.17, 15) is 9.59 Å². The van der Waals surface area contributed by atoms with Gasteiger partial charge in [-0.3, -0.25) is 9.59 Å². The molecule has 3 rings (SSSR count). The van der Waals surface area contributed by atoms with Crippen molar-refractivity contribution >= 4 is 45.8 Å². The highest BCUT2D eigenvalue weighted by Crippen LogP contribution is 2.32. The summed E-state index contributed by atoms with van der Waals surface area (Å²) in [5.74, 6) is 0.246. The van der Waals surface area contributed by atoms with Gasteiger partial charge in [-0.25, -0.2) is 0 Å². The number of anilines is 2. The minimum absolute atomic E-state index is 0.139. The number of hydrogen-bond donors (Lipinski definition) is 2. The smallest absolute Gasteiger partial charge is 0.262 e. The van der Waals surface area contributed by atoms with Gasteiger partial charge < -0.3 is 20.3 Å². The standard InChI is InChI=1S/C18H18IN3O3/c1-20-18(24)16-10-22(14-4-2-3-5-15(14)25-16)11-17(23)21-13-8-6-12(19)7-9-13/h2-9,16H,10-11H2,1H3,(H,20,24)(H,21,23). The average Bonchev–Trinajstić information content (AvgIpc) is 2.62. The number of fused-ring (bicyclic) bond motifs is 1. The maximum Gasteiger partial charge on any atom is 0.262 e. The van der Waals surface area contributed by atoms with Gasteiger partial charge in [-0.15, -0.1) is 0 Å². The quantitative estimate of drug-likeness (QED) is 0.700. The van der Waals surface area contributed by atoms with E-state index in [0.717, 1.165) is 14.9 Å². The number of likely N-dealkylation sites (N-methyl/N-ethyl adjacent to an activating group) is 1. The third kappa shape index (κ3) is 4.22. The Kier molecular flexibility index (Phi) is 5.42. The zero-order valence-electron chi connectivity index (χ0n) is 13.7. The molecule has 0 saturated carbocycles. The number of ether oxygens (including phenoxy) is 1. The van der Waals surface area contributed by atoms with Crippen LogP contribution in [0.4, 0.5) is 11.4 Å². The lowest BCUT2D eigenvalue weighted by atomic mass is 10.1. The molecule has 0 bridgehead atoms. The Labute approximate surface area is 159 Å².